The average molecular weight is 447 g/mol. The number of carbonyl (C=O) groups excluding carboxylic acids is 2. The quantitative estimate of drug-likeness (QED) is 0.362. The number of hydrogen-bond acceptors (Lipinski definition) is 7. The summed E-state index contributed by atoms with van der Waals surface area (Å²) in [7, 11) is 3.14. The molecule has 1 amide bonds. The molecular weight excluding hydrogens is 420 g/mol. The van der Waals surface area contributed by atoms with Gasteiger partial charge in [-0.15, -0.1) is 22.6 Å². The molecule has 1 heterocycles. The molecule has 3 rings (SSSR count). The predicted molar refractivity (Wildman–Crippen MR) is 120 cm³/mol. The standard InChI is InChI=1S/C21H26N6O3.ClH/c1-27(15-9-7-14(8-10-15)21(29)30-2)20(28)16-11-17(25-26-19(16)24)12-3-5-13(6-4-12)18(22)23;/h3-6,11,14-15H,7-10H2,1-2H3,(H3,22,23)(H2,24,26);1H. The Kier molecular flexibility index (Phi) is 7.93. The van der Waals surface area contributed by atoms with E-state index < -0.39 is 0 Å². The van der Waals surface area contributed by atoms with Crippen molar-refractivity contribution in [3.8, 4) is 11.3 Å². The van der Waals surface area contributed by atoms with Crippen molar-refractivity contribution in [2.24, 2.45) is 11.7 Å². The molecular formula is C21H27ClN6O3. The van der Waals surface area contributed by atoms with Crippen LogP contribution < -0.4 is 11.5 Å². The molecule has 0 unspecified atom stereocenters. The van der Waals surface area contributed by atoms with Gasteiger partial charge in [0.05, 0.1) is 24.3 Å². The second-order valence-electron chi connectivity index (χ2n) is 7.46. The van der Waals surface area contributed by atoms with E-state index in [0.29, 0.717) is 24.1 Å². The Labute approximate surface area is 187 Å². The fraction of sp³-hybridized carbons (Fsp3) is 0.381. The molecule has 2 aromatic rings. The van der Waals surface area contributed by atoms with Crippen molar-refractivity contribution in [3.63, 3.8) is 0 Å². The maximum absolute atomic E-state index is 13.1. The molecule has 9 nitrogen and oxygen atoms in total. The van der Waals surface area contributed by atoms with Crippen molar-refractivity contribution in [2.45, 2.75) is 31.7 Å². The lowest BCUT2D eigenvalue weighted by Crippen LogP contribution is -2.40. The van der Waals surface area contributed by atoms with E-state index in [1.54, 1.807) is 42.3 Å². The monoisotopic (exact) mass is 446 g/mol. The highest BCUT2D eigenvalue weighted by atomic mass is 35.5. The van der Waals surface area contributed by atoms with Crippen molar-refractivity contribution in [3.05, 3.63) is 41.5 Å². The van der Waals surface area contributed by atoms with Crippen LogP contribution in [0.1, 0.15) is 41.6 Å². The molecule has 1 saturated carbocycles. The van der Waals surface area contributed by atoms with Crippen molar-refractivity contribution in [2.75, 3.05) is 19.9 Å². The van der Waals surface area contributed by atoms with Gasteiger partial charge in [-0.3, -0.25) is 15.0 Å². The number of ether oxygens (including phenoxy) is 1. The number of carbonyl (C=O) groups is 2. The lowest BCUT2D eigenvalue weighted by molar-refractivity contribution is -0.146. The second-order valence-corrected chi connectivity index (χ2v) is 7.46. The first-order valence-electron chi connectivity index (χ1n) is 9.74. The third-order valence-corrected chi connectivity index (χ3v) is 5.64. The summed E-state index contributed by atoms with van der Waals surface area (Å²) in [6.45, 7) is 0. The van der Waals surface area contributed by atoms with E-state index in [-0.39, 0.29) is 53.5 Å². The van der Waals surface area contributed by atoms with Crippen LogP contribution in [0.4, 0.5) is 5.82 Å². The van der Waals surface area contributed by atoms with Gasteiger partial charge in [0.2, 0.25) is 0 Å². The van der Waals surface area contributed by atoms with Gasteiger partial charge >= 0.3 is 5.97 Å². The second kappa shape index (κ2) is 10.2. The van der Waals surface area contributed by atoms with Crippen molar-refractivity contribution in [1.82, 2.24) is 15.1 Å². The number of nitrogens with one attached hydrogen (secondary N) is 1. The van der Waals surface area contributed by atoms with Crippen LogP contribution in [0.15, 0.2) is 30.3 Å². The van der Waals surface area contributed by atoms with Crippen LogP contribution in [0.3, 0.4) is 0 Å². The largest absolute Gasteiger partial charge is 0.469 e. The minimum absolute atomic E-state index is 0. The van der Waals surface area contributed by atoms with Crippen LogP contribution in [-0.4, -0.2) is 53.0 Å². The van der Waals surface area contributed by atoms with Crippen molar-refractivity contribution in [1.29, 1.82) is 5.41 Å². The molecule has 31 heavy (non-hydrogen) atoms. The Morgan fingerprint density at radius 2 is 1.74 bits per heavy atom. The number of amides is 1. The number of rotatable bonds is 5. The zero-order valence-electron chi connectivity index (χ0n) is 17.5. The number of hydrogen-bond donors (Lipinski definition) is 3. The van der Waals surface area contributed by atoms with Gasteiger partial charge in [0.15, 0.2) is 5.82 Å². The van der Waals surface area contributed by atoms with Gasteiger partial charge in [-0.25, -0.2) is 0 Å². The third-order valence-electron chi connectivity index (χ3n) is 5.64. The lowest BCUT2D eigenvalue weighted by Gasteiger charge is -2.34. The topological polar surface area (TPSA) is 148 Å². The molecule has 1 fully saturated rings. The van der Waals surface area contributed by atoms with E-state index in [2.05, 4.69) is 10.2 Å². The summed E-state index contributed by atoms with van der Waals surface area (Å²) >= 11 is 0. The minimum Gasteiger partial charge on any atom is -0.469 e. The molecule has 0 bridgehead atoms. The highest BCUT2D eigenvalue weighted by Crippen LogP contribution is 2.29. The summed E-state index contributed by atoms with van der Waals surface area (Å²) in [4.78, 5) is 26.5. The first-order valence-corrected chi connectivity index (χ1v) is 9.74. The lowest BCUT2D eigenvalue weighted by atomic mass is 9.85. The van der Waals surface area contributed by atoms with Gasteiger partial charge in [0, 0.05) is 24.2 Å². The highest BCUT2D eigenvalue weighted by molar-refractivity contribution is 5.99. The molecule has 0 radical (unpaired) electrons. The zero-order valence-corrected chi connectivity index (χ0v) is 18.3. The predicted octanol–water partition coefficient (Wildman–Crippen LogP) is 2.24. The van der Waals surface area contributed by atoms with Crippen molar-refractivity contribution >= 4 is 35.9 Å². The smallest absolute Gasteiger partial charge is 0.308 e. The summed E-state index contributed by atoms with van der Waals surface area (Å²) < 4.78 is 4.82. The molecule has 5 N–H and O–H groups in total. The van der Waals surface area contributed by atoms with E-state index in [0.717, 1.165) is 18.4 Å². The van der Waals surface area contributed by atoms with Crippen LogP contribution >= 0.6 is 12.4 Å². The number of halogens is 1. The number of anilines is 1. The molecule has 0 atom stereocenters. The summed E-state index contributed by atoms with van der Waals surface area (Å²) in [6, 6.07) is 8.60. The van der Waals surface area contributed by atoms with Crippen molar-refractivity contribution < 1.29 is 14.3 Å². The van der Waals surface area contributed by atoms with E-state index in [9.17, 15) is 9.59 Å². The number of benzene rings is 1. The van der Waals surface area contributed by atoms with Gasteiger partial charge < -0.3 is 21.1 Å². The zero-order chi connectivity index (χ0) is 21.8. The SMILES string of the molecule is COC(=O)C1CCC(N(C)C(=O)c2cc(-c3ccc(C(=N)N)cc3)nnc2N)CC1.Cl. The third kappa shape index (κ3) is 5.29. The first-order chi connectivity index (χ1) is 14.3. The number of nitrogens with zero attached hydrogens (tertiary/aromatic N) is 3. The number of nitrogen functional groups attached to an aromatic ring is 2. The van der Waals surface area contributed by atoms with Crippen LogP contribution in [0, 0.1) is 11.3 Å². The Hall–Kier alpha value is -3.20. The average Bonchev–Trinajstić information content (AvgIpc) is 2.78. The van der Waals surface area contributed by atoms with Gasteiger partial charge in [0.25, 0.3) is 5.91 Å². The van der Waals surface area contributed by atoms with Gasteiger partial charge in [0.1, 0.15) is 5.84 Å². The minimum atomic E-state index is -0.231. The molecule has 166 valence electrons. The van der Waals surface area contributed by atoms with E-state index in [4.69, 9.17) is 21.6 Å². The fourth-order valence-corrected chi connectivity index (χ4v) is 3.76. The Balaban J connectivity index is 0.00000341. The van der Waals surface area contributed by atoms with Crippen LogP contribution in [0.5, 0.6) is 0 Å². The number of methoxy groups -OCH3 is 1. The Morgan fingerprint density at radius 3 is 2.29 bits per heavy atom. The highest BCUT2D eigenvalue weighted by Gasteiger charge is 2.31. The summed E-state index contributed by atoms with van der Waals surface area (Å²) in [5.41, 5.74) is 13.6. The maximum Gasteiger partial charge on any atom is 0.308 e. The first kappa shape index (κ1) is 24.1. The Bertz CT molecular complexity index is 958. The summed E-state index contributed by atoms with van der Waals surface area (Å²) in [6.07, 6.45) is 2.82. The maximum atomic E-state index is 13.1. The molecule has 0 spiro atoms. The summed E-state index contributed by atoms with van der Waals surface area (Å²) in [5.74, 6) is -0.480. The normalized spacial score (nSPS) is 17.9. The number of esters is 1. The van der Waals surface area contributed by atoms with E-state index in [1.807, 2.05) is 0 Å². The van der Waals surface area contributed by atoms with Crippen LogP contribution in [-0.2, 0) is 9.53 Å². The number of nitrogens with two attached hydrogens (primary N) is 2. The number of amidine groups is 1. The summed E-state index contributed by atoms with van der Waals surface area (Å²) in [5, 5.41) is 15.5. The van der Waals surface area contributed by atoms with Gasteiger partial charge in [-0.1, -0.05) is 24.3 Å². The van der Waals surface area contributed by atoms with Crippen LogP contribution in [0.25, 0.3) is 11.3 Å². The van der Waals surface area contributed by atoms with E-state index in [1.165, 1.54) is 7.11 Å². The Morgan fingerprint density at radius 1 is 1.13 bits per heavy atom. The van der Waals surface area contributed by atoms with E-state index >= 15 is 0 Å². The van der Waals surface area contributed by atoms with Gasteiger partial charge in [-0.2, -0.15) is 0 Å². The fourth-order valence-electron chi connectivity index (χ4n) is 3.76. The van der Waals surface area contributed by atoms with Gasteiger partial charge in [-0.05, 0) is 31.7 Å². The number of aromatic nitrogens is 2. The molecule has 10 heteroatoms. The molecule has 1 aromatic heterocycles. The molecule has 1 aliphatic carbocycles. The molecule has 0 aliphatic heterocycles. The molecule has 1 aromatic carbocycles. The molecule has 0 saturated heterocycles. The molecule has 1 aliphatic rings. The van der Waals surface area contributed by atoms with Crippen LogP contribution in [0.2, 0.25) is 0 Å².